The van der Waals surface area contributed by atoms with Gasteiger partial charge < -0.3 is 14.4 Å². The van der Waals surface area contributed by atoms with Crippen LogP contribution >= 0.6 is 0 Å². The van der Waals surface area contributed by atoms with Crippen LogP contribution in [0.15, 0.2) is 36.4 Å². The van der Waals surface area contributed by atoms with Crippen molar-refractivity contribution in [2.24, 2.45) is 0 Å². The number of hydrogen-bond acceptors (Lipinski definition) is 6. The Morgan fingerprint density at radius 1 is 1.24 bits per heavy atom. The summed E-state index contributed by atoms with van der Waals surface area (Å²) in [6.07, 6.45) is 4.45. The summed E-state index contributed by atoms with van der Waals surface area (Å²) in [7, 11) is -4.33. The number of piperazine rings is 1. The zero-order chi connectivity index (χ0) is 14.8. The average molecular weight is 422 g/mol. The van der Waals surface area contributed by atoms with Gasteiger partial charge in [-0.05, 0) is 16.8 Å². The van der Waals surface area contributed by atoms with Crippen molar-refractivity contribution in [1.29, 1.82) is 0 Å². The van der Waals surface area contributed by atoms with E-state index in [4.69, 9.17) is 13.3 Å². The predicted molar refractivity (Wildman–Crippen MR) is 81.8 cm³/mol. The van der Waals surface area contributed by atoms with Crippen molar-refractivity contribution < 1.29 is 35.7 Å². The van der Waals surface area contributed by atoms with Gasteiger partial charge in [-0.2, -0.15) is 0 Å². The quantitative estimate of drug-likeness (QED) is 0.719. The molecule has 1 N–H and O–H groups in total. The van der Waals surface area contributed by atoms with Crippen molar-refractivity contribution >= 4 is 26.3 Å². The zero-order valence-corrected chi connectivity index (χ0v) is 14.5. The molecule has 2 rings (SSSR count). The molecule has 1 heterocycles. The van der Waals surface area contributed by atoms with E-state index in [9.17, 15) is 0 Å². The molecule has 0 bridgehead atoms. The fourth-order valence-electron chi connectivity index (χ4n) is 1.80. The largest absolute Gasteiger partial charge is 0.780 e. The minimum absolute atomic E-state index is 0. The van der Waals surface area contributed by atoms with Gasteiger partial charge in [-0.25, -0.2) is 0 Å². The number of nitrogens with zero attached hydrogens (tertiary/aromatic N) is 1. The van der Waals surface area contributed by atoms with Gasteiger partial charge in [0.15, 0.2) is 0 Å². The van der Waals surface area contributed by atoms with Crippen LogP contribution in [0.4, 0.5) is 0 Å². The van der Waals surface area contributed by atoms with Crippen LogP contribution in [0, 0.1) is 0 Å². The summed E-state index contributed by atoms with van der Waals surface area (Å²) in [6, 6.07) is 10.5. The van der Waals surface area contributed by atoms with Crippen molar-refractivity contribution in [1.82, 2.24) is 10.2 Å². The summed E-state index contributed by atoms with van der Waals surface area (Å²) >= 11 is 3.24. The molecule has 0 aromatic heterocycles. The third kappa shape index (κ3) is 13.3. The molecule has 0 saturated carbocycles. The van der Waals surface area contributed by atoms with Gasteiger partial charge in [0.05, 0.1) is 0 Å². The first-order chi connectivity index (χ1) is 9.45. The molecule has 8 heteroatoms. The molecule has 5 nitrogen and oxygen atoms in total. The normalized spacial score (nSPS) is 15.9. The smallest absolute Gasteiger partial charge is 0.0167 e. The minimum Gasteiger partial charge on any atom is -0.780 e. The van der Waals surface area contributed by atoms with E-state index in [1.807, 2.05) is 6.07 Å². The molecule has 1 aliphatic heterocycles. The van der Waals surface area contributed by atoms with Crippen molar-refractivity contribution in [3.63, 3.8) is 0 Å². The van der Waals surface area contributed by atoms with E-state index >= 15 is 0 Å². The van der Waals surface area contributed by atoms with Gasteiger partial charge in [0.25, 0.3) is 0 Å². The summed E-state index contributed by atoms with van der Waals surface area (Å²) in [5, 5.41) is 3.36. The van der Waals surface area contributed by atoms with Gasteiger partial charge in [-0.3, -0.25) is 9.11 Å². The van der Waals surface area contributed by atoms with Crippen molar-refractivity contribution in [3.8, 4) is 0 Å². The third-order valence-electron chi connectivity index (χ3n) is 2.68. The Morgan fingerprint density at radius 3 is 2.29 bits per heavy atom. The van der Waals surface area contributed by atoms with E-state index in [1.54, 1.807) is 0 Å². The Bertz CT molecular complexity index is 495. The maximum absolute atomic E-state index is 8.89. The van der Waals surface area contributed by atoms with E-state index in [1.165, 1.54) is 18.7 Å². The van der Waals surface area contributed by atoms with Gasteiger partial charge in [0, 0.05) is 55.1 Å². The fourth-order valence-corrected chi connectivity index (χ4v) is 1.80. The minimum atomic E-state index is -4.33. The Hall–Kier alpha value is -0.0897. The third-order valence-corrected chi connectivity index (χ3v) is 2.68. The van der Waals surface area contributed by atoms with Crippen LogP contribution in [0.25, 0.3) is 6.08 Å². The second-order valence-corrected chi connectivity index (χ2v) is 6.31. The van der Waals surface area contributed by atoms with Gasteiger partial charge in [-0.1, -0.05) is 42.5 Å². The van der Waals surface area contributed by atoms with Crippen LogP contribution in [0.3, 0.4) is 0 Å². The van der Waals surface area contributed by atoms with E-state index in [2.05, 4.69) is 57.8 Å². The Balaban J connectivity index is 0.000000583. The molecule has 1 aromatic rings. The van der Waals surface area contributed by atoms with Crippen LogP contribution in [0.1, 0.15) is 5.56 Å². The maximum Gasteiger partial charge on any atom is 0.0167 e. The van der Waals surface area contributed by atoms with Crippen molar-refractivity contribution in [3.05, 3.63) is 42.0 Å². The van der Waals surface area contributed by atoms with Gasteiger partial charge in [0.1, 0.15) is 0 Å². The van der Waals surface area contributed by atoms with Crippen LogP contribution in [0.5, 0.6) is 0 Å². The molecule has 1 saturated heterocycles. The molecule has 21 heavy (non-hydrogen) atoms. The SMILES string of the molecule is C(=Cc1ccccc1)CN1CCNCC1.O=S([O-])([O-])=S.[Ag]. The van der Waals surface area contributed by atoms with Crippen LogP contribution in [-0.2, 0) is 42.6 Å². The summed E-state index contributed by atoms with van der Waals surface area (Å²) in [5.41, 5.74) is 1.28. The van der Waals surface area contributed by atoms with E-state index in [0.29, 0.717) is 0 Å². The number of hydrogen-bond donors (Lipinski definition) is 1. The second kappa shape index (κ2) is 11.5. The van der Waals surface area contributed by atoms with E-state index in [-0.39, 0.29) is 22.4 Å². The number of rotatable bonds is 3. The summed E-state index contributed by atoms with van der Waals surface area (Å²) in [5.74, 6) is 0. The van der Waals surface area contributed by atoms with Gasteiger partial charge in [-0.15, -0.1) is 9.05 Å². The zero-order valence-electron chi connectivity index (χ0n) is 11.4. The first-order valence-electron chi connectivity index (χ1n) is 6.26. The maximum atomic E-state index is 8.89. The summed E-state index contributed by atoms with van der Waals surface area (Å²) in [4.78, 5) is 2.47. The summed E-state index contributed by atoms with van der Waals surface area (Å²) in [6.45, 7) is 5.65. The van der Waals surface area contributed by atoms with Gasteiger partial charge >= 0.3 is 0 Å². The predicted octanol–water partition coefficient (Wildman–Crippen LogP) is 0.596. The fraction of sp³-hybridized carbons (Fsp3) is 0.385. The Morgan fingerprint density at radius 2 is 1.76 bits per heavy atom. The second-order valence-electron chi connectivity index (χ2n) is 4.27. The van der Waals surface area contributed by atoms with Crippen molar-refractivity contribution in [2.75, 3.05) is 32.7 Å². The average Bonchev–Trinajstić information content (AvgIpc) is 2.39. The molecule has 1 radical (unpaired) electrons. The first-order valence-corrected chi connectivity index (χ1v) is 8.60. The Labute approximate surface area is 146 Å². The van der Waals surface area contributed by atoms with Crippen LogP contribution in [-0.4, -0.2) is 50.9 Å². The van der Waals surface area contributed by atoms with Crippen molar-refractivity contribution in [2.45, 2.75) is 0 Å². The molecule has 1 aromatic carbocycles. The standard InChI is InChI=1S/C13H18N2.Ag.H2O3S2/c1-2-5-13(6-3-1)7-4-10-15-11-8-14-9-12-15;;1-5(2,3)4/h1-7,14H,8-12H2;;(H2,1,2,3,4)/p-2. The molecule has 0 unspecified atom stereocenters. The molecule has 0 spiro atoms. The molecule has 1 aliphatic rings. The molecule has 1 fully saturated rings. The molecule has 0 aliphatic carbocycles. The monoisotopic (exact) mass is 421 g/mol. The molecular formula is C13H18AgN2O3S2-2. The van der Waals surface area contributed by atoms with E-state index < -0.39 is 9.05 Å². The number of nitrogens with one attached hydrogen (secondary N) is 1. The molecule has 0 amide bonds. The first kappa shape index (κ1) is 20.9. The molecule has 123 valence electrons. The summed E-state index contributed by atoms with van der Waals surface area (Å²) < 4.78 is 26.7. The topological polar surface area (TPSA) is 78.5 Å². The Kier molecular flexibility index (Phi) is 11.4. The molecular weight excluding hydrogens is 404 g/mol. The van der Waals surface area contributed by atoms with Gasteiger partial charge in [0.2, 0.25) is 0 Å². The van der Waals surface area contributed by atoms with Crippen LogP contribution < -0.4 is 5.32 Å². The van der Waals surface area contributed by atoms with E-state index in [0.717, 1.165) is 19.6 Å². The molecule has 0 atom stereocenters. The number of benzene rings is 1. The van der Waals surface area contributed by atoms with Crippen LogP contribution in [0.2, 0.25) is 0 Å².